The Morgan fingerprint density at radius 1 is 0.361 bits per heavy atom. The lowest BCUT2D eigenvalue weighted by Gasteiger charge is -2.35. The Kier molecular flexibility index (Phi) is 38.4. The Morgan fingerprint density at radius 3 is 0.861 bits per heavy atom. The van der Waals surface area contributed by atoms with E-state index >= 15 is 0 Å². The van der Waals surface area contributed by atoms with Gasteiger partial charge in [0.05, 0.1) is 52.4 Å². The quantitative estimate of drug-likeness (QED) is 0.0483. The van der Waals surface area contributed by atoms with Crippen molar-refractivity contribution < 1.29 is 80.9 Å². The molecule has 0 unspecified atom stereocenters. The van der Waals surface area contributed by atoms with Crippen LogP contribution in [0.1, 0.15) is 126 Å². The molecule has 0 amide bonds. The fourth-order valence-electron chi connectivity index (χ4n) is 5.60. The van der Waals surface area contributed by atoms with Gasteiger partial charge in [0, 0.05) is 0 Å². The summed E-state index contributed by atoms with van der Waals surface area (Å²) in [5, 5.41) is 0. The molecule has 0 fully saturated rings. The van der Waals surface area contributed by atoms with Gasteiger partial charge in [0.1, 0.15) is 17.3 Å². The summed E-state index contributed by atoms with van der Waals surface area (Å²) in [4.78, 5) is 0. The van der Waals surface area contributed by atoms with Crippen molar-refractivity contribution in [3.8, 4) is 0 Å². The van der Waals surface area contributed by atoms with Gasteiger partial charge in [-0.3, -0.25) is 0 Å². The molecule has 0 saturated carbocycles. The number of halogens is 3. The Balaban J connectivity index is -0.00000171. The predicted molar refractivity (Wildman–Crippen MR) is 157 cm³/mol. The summed E-state index contributed by atoms with van der Waals surface area (Å²) in [5.74, 6) is 4.46. The van der Waals surface area contributed by atoms with E-state index in [0.717, 1.165) is 0 Å². The molecule has 0 aliphatic rings. The van der Waals surface area contributed by atoms with Crippen molar-refractivity contribution in [1.29, 1.82) is 0 Å². The van der Waals surface area contributed by atoms with Gasteiger partial charge in [0.25, 0.3) is 0 Å². The molecule has 2 nitrogen and oxygen atoms in total. The molecule has 0 aromatic carbocycles. The second-order valence-corrected chi connectivity index (χ2v) is 13.2. The fraction of sp³-hybridized carbons (Fsp3) is 1.00. The number of rotatable bonds is 25. The van der Waals surface area contributed by atoms with Crippen LogP contribution in [0.2, 0.25) is 0 Å². The van der Waals surface area contributed by atoms with E-state index < -0.39 is 0 Å². The summed E-state index contributed by atoms with van der Waals surface area (Å²) in [7, 11) is 0.715. The molecule has 0 atom stereocenters. The van der Waals surface area contributed by atoms with E-state index in [4.69, 9.17) is 0 Å². The maximum Gasteiger partial charge on any atom is 0.108 e. The molecule has 0 N–H and O–H groups in total. The molecular formula is C30H67I3N2S. The molecule has 36 heavy (non-hydrogen) atoms. The third kappa shape index (κ3) is 21.2. The Hall–Kier alpha value is 2.46. The van der Waals surface area contributed by atoms with Crippen molar-refractivity contribution >= 4 is 10.9 Å². The highest BCUT2D eigenvalue weighted by Gasteiger charge is 2.20. The maximum atomic E-state index is 2.43. The first-order chi connectivity index (χ1) is 16.0. The molecule has 0 aliphatic heterocycles. The van der Waals surface area contributed by atoms with Crippen LogP contribution in [-0.2, 0) is 10.9 Å². The molecule has 0 rings (SSSR count). The molecule has 0 radical (unpaired) electrons. The minimum Gasteiger partial charge on any atom is -1.00 e. The standard InChI is InChI=1S/C30H67N2S.3HI/c1-8-31(9-2,10-3)27-23-19-15-17-21-25-29-33(14-7)30-26-22-18-16-20-24-28-32(11-4,12-5)13-6;;;/h8-30H2,1-7H3;3*1H/q+3;;;/p-3. The zero-order chi connectivity index (χ0) is 24.8. The smallest absolute Gasteiger partial charge is 0.108 e. The van der Waals surface area contributed by atoms with Gasteiger partial charge in [-0.15, -0.1) is 0 Å². The topological polar surface area (TPSA) is 0 Å². The summed E-state index contributed by atoms with van der Waals surface area (Å²) in [5.41, 5.74) is 0. The average molecular weight is 869 g/mol. The van der Waals surface area contributed by atoms with Crippen LogP contribution in [-0.4, -0.2) is 78.6 Å². The first-order valence-electron chi connectivity index (χ1n) is 15.3. The minimum absolute atomic E-state index is 0. The Bertz CT molecular complexity index is 366. The highest BCUT2D eigenvalue weighted by molar-refractivity contribution is 7.96. The number of hydrogen-bond acceptors (Lipinski definition) is 0. The van der Waals surface area contributed by atoms with Crippen LogP contribution >= 0.6 is 0 Å². The van der Waals surface area contributed by atoms with Gasteiger partial charge in [-0.05, 0) is 111 Å². The monoisotopic (exact) mass is 868 g/mol. The third-order valence-electron chi connectivity index (χ3n) is 9.06. The SMILES string of the molecule is CC[S+](CCCCCCCC[N+](CC)(CC)CC)CCCCCCCC[N+](CC)(CC)CC.[I-].[I-].[I-]. The van der Waals surface area contributed by atoms with Crippen LogP contribution in [0.4, 0.5) is 0 Å². The summed E-state index contributed by atoms with van der Waals surface area (Å²) >= 11 is 0. The van der Waals surface area contributed by atoms with E-state index in [1.165, 1.54) is 156 Å². The average Bonchev–Trinajstić information content (AvgIpc) is 2.86. The minimum atomic E-state index is 0. The summed E-state index contributed by atoms with van der Waals surface area (Å²) in [6.07, 6.45) is 17.6. The zero-order valence-corrected chi connectivity index (χ0v) is 33.0. The van der Waals surface area contributed by atoms with E-state index in [1.54, 1.807) is 0 Å². The summed E-state index contributed by atoms with van der Waals surface area (Å²) in [6, 6.07) is 0. The van der Waals surface area contributed by atoms with Crippen molar-refractivity contribution in [1.82, 2.24) is 0 Å². The van der Waals surface area contributed by atoms with Gasteiger partial charge < -0.3 is 80.9 Å². The fourth-order valence-corrected chi connectivity index (χ4v) is 7.61. The van der Waals surface area contributed by atoms with Gasteiger partial charge >= 0.3 is 0 Å². The summed E-state index contributed by atoms with van der Waals surface area (Å²) in [6.45, 7) is 27.3. The first kappa shape index (κ1) is 45.4. The van der Waals surface area contributed by atoms with Crippen molar-refractivity contribution in [3.63, 3.8) is 0 Å². The highest BCUT2D eigenvalue weighted by Crippen LogP contribution is 2.15. The van der Waals surface area contributed by atoms with Crippen LogP contribution in [0.25, 0.3) is 0 Å². The van der Waals surface area contributed by atoms with E-state index in [2.05, 4.69) is 48.5 Å². The van der Waals surface area contributed by atoms with E-state index in [1.807, 2.05) is 0 Å². The molecule has 0 aromatic rings. The highest BCUT2D eigenvalue weighted by atomic mass is 127. The normalized spacial score (nSPS) is 11.7. The van der Waals surface area contributed by atoms with Crippen molar-refractivity contribution in [2.45, 2.75) is 126 Å². The lowest BCUT2D eigenvalue weighted by Crippen LogP contribution is -3.00. The van der Waals surface area contributed by atoms with Gasteiger partial charge in [0.2, 0.25) is 0 Å². The third-order valence-corrected chi connectivity index (χ3v) is 11.6. The molecule has 0 saturated heterocycles. The van der Waals surface area contributed by atoms with Gasteiger partial charge in [-0.25, -0.2) is 0 Å². The van der Waals surface area contributed by atoms with E-state index in [9.17, 15) is 0 Å². The molecular weight excluding hydrogens is 801 g/mol. The van der Waals surface area contributed by atoms with Crippen LogP contribution < -0.4 is 71.9 Å². The maximum absolute atomic E-state index is 2.43. The van der Waals surface area contributed by atoms with Crippen molar-refractivity contribution in [2.75, 3.05) is 69.6 Å². The molecule has 224 valence electrons. The molecule has 0 bridgehead atoms. The van der Waals surface area contributed by atoms with Gasteiger partial charge in [-0.1, -0.05) is 25.7 Å². The van der Waals surface area contributed by atoms with Crippen LogP contribution in [0.15, 0.2) is 0 Å². The number of unbranched alkanes of at least 4 members (excludes halogenated alkanes) is 10. The Morgan fingerprint density at radius 2 is 0.611 bits per heavy atom. The largest absolute Gasteiger partial charge is 1.00 e. The lowest BCUT2D eigenvalue weighted by molar-refractivity contribution is -0.923. The molecule has 0 aliphatic carbocycles. The van der Waals surface area contributed by atoms with E-state index in [0.29, 0.717) is 10.9 Å². The molecule has 0 spiro atoms. The molecule has 0 heterocycles. The first-order valence-corrected chi connectivity index (χ1v) is 17.1. The molecule has 6 heteroatoms. The lowest BCUT2D eigenvalue weighted by atomic mass is 10.1. The number of nitrogens with zero attached hydrogens (tertiary/aromatic N) is 2. The second kappa shape index (κ2) is 30.4. The van der Waals surface area contributed by atoms with E-state index in [-0.39, 0.29) is 71.9 Å². The second-order valence-electron chi connectivity index (χ2n) is 10.6. The Labute approximate surface area is 284 Å². The van der Waals surface area contributed by atoms with Crippen LogP contribution in [0.3, 0.4) is 0 Å². The van der Waals surface area contributed by atoms with Gasteiger partial charge in [0.15, 0.2) is 0 Å². The molecule has 0 aromatic heterocycles. The van der Waals surface area contributed by atoms with Crippen LogP contribution in [0, 0.1) is 0 Å². The zero-order valence-electron chi connectivity index (χ0n) is 25.7. The predicted octanol–water partition coefficient (Wildman–Crippen LogP) is -0.929. The van der Waals surface area contributed by atoms with Crippen molar-refractivity contribution in [3.05, 3.63) is 0 Å². The van der Waals surface area contributed by atoms with Crippen LogP contribution in [0.5, 0.6) is 0 Å². The number of hydrogen-bond donors (Lipinski definition) is 0. The van der Waals surface area contributed by atoms with Gasteiger partial charge in [-0.2, -0.15) is 0 Å². The summed E-state index contributed by atoms with van der Waals surface area (Å²) < 4.78 is 2.66. The number of quaternary nitrogens is 2. The van der Waals surface area contributed by atoms with Crippen molar-refractivity contribution in [2.24, 2.45) is 0 Å².